The van der Waals surface area contributed by atoms with E-state index in [1.165, 1.54) is 129 Å². The van der Waals surface area contributed by atoms with Gasteiger partial charge in [-0.25, -0.2) is 0 Å². The molecule has 2 unspecified atom stereocenters. The van der Waals surface area contributed by atoms with Gasteiger partial charge in [-0.2, -0.15) is 0 Å². The van der Waals surface area contributed by atoms with Gasteiger partial charge in [0.05, 0.1) is 5.54 Å². The molecule has 1 aromatic heterocycles. The minimum atomic E-state index is -0.0666. The predicted octanol–water partition coefficient (Wildman–Crippen LogP) is 16.1. The average Bonchev–Trinajstić information content (AvgIpc) is 3.76. The van der Waals surface area contributed by atoms with Crippen molar-refractivity contribution in [1.29, 1.82) is 0 Å². The monoisotopic (exact) mass is 908 g/mol. The quantitative estimate of drug-likeness (QED) is 0.164. The van der Waals surface area contributed by atoms with E-state index in [0.29, 0.717) is 0 Å². The van der Waals surface area contributed by atoms with Gasteiger partial charge in [-0.05, 0) is 154 Å². The Hall–Kier alpha value is -5.78. The SMILES string of the molecule is Cc1cc2c3c(c1)N(c1ccc(C(C)(C)C)cc1)c1cc(N4c5ccc(C(C)(C)C)cc5C5(C)CCCCC45C)ccc1B3c1cc(C(C)(C)C)ccc1N2c1ccc2c(c1)sc1ccccc12. The van der Waals surface area contributed by atoms with E-state index in [4.69, 9.17) is 0 Å². The molecule has 0 spiro atoms. The van der Waals surface area contributed by atoms with Crippen LogP contribution in [0.25, 0.3) is 20.2 Å². The van der Waals surface area contributed by atoms with E-state index in [1.54, 1.807) is 0 Å². The fourth-order valence-electron chi connectivity index (χ4n) is 12.9. The highest BCUT2D eigenvalue weighted by Gasteiger charge is 2.58. The summed E-state index contributed by atoms with van der Waals surface area (Å²) in [6.45, 7) is 28.6. The molecule has 0 saturated heterocycles. The summed E-state index contributed by atoms with van der Waals surface area (Å²) < 4.78 is 2.65. The van der Waals surface area contributed by atoms with E-state index < -0.39 is 0 Å². The van der Waals surface area contributed by atoms with Crippen LogP contribution in [0.3, 0.4) is 0 Å². The third-order valence-electron chi connectivity index (χ3n) is 16.9. The first-order chi connectivity index (χ1) is 32.2. The van der Waals surface area contributed by atoms with Gasteiger partial charge in [0.2, 0.25) is 0 Å². The average molecular weight is 908 g/mol. The maximum Gasteiger partial charge on any atom is 0.252 e. The Labute approximate surface area is 409 Å². The van der Waals surface area contributed by atoms with Gasteiger partial charge in [0.25, 0.3) is 6.71 Å². The number of benzene rings is 7. The van der Waals surface area contributed by atoms with Gasteiger partial charge in [-0.1, -0.05) is 149 Å². The molecule has 0 N–H and O–H groups in total. The fraction of sp³-hybridized carbons (Fsp3) is 0.333. The number of rotatable bonds is 3. The second kappa shape index (κ2) is 14.6. The van der Waals surface area contributed by atoms with Gasteiger partial charge in [0.1, 0.15) is 0 Å². The number of fused-ring (bicyclic) bond motifs is 10. The van der Waals surface area contributed by atoms with Gasteiger partial charge in [0.15, 0.2) is 0 Å². The Balaban J connectivity index is 1.12. The summed E-state index contributed by atoms with van der Waals surface area (Å²) in [4.78, 5) is 8.00. The Morgan fingerprint density at radius 1 is 0.485 bits per heavy atom. The Bertz CT molecular complexity index is 3380. The van der Waals surface area contributed by atoms with Crippen LogP contribution in [0.2, 0.25) is 0 Å². The zero-order valence-corrected chi connectivity index (χ0v) is 43.2. The standard InChI is InChI=1S/C63H66BN3S/c1-39-33-54-58-55(34-39)66(44-25-27-47-46-17-13-14-18-56(46)68-57(47)38-44)52-30-22-42(61(8,9)10)36-50(52)64(58)49-28-26-45(37-53(49)65(54)43-23-19-40(20-24-43)59(2,3)4)67-51-29-21-41(60(5,6)7)35-48(51)62(11)31-15-16-32-63(62,67)12/h13-14,17-30,33-38H,15-16,31-32H2,1-12H3. The van der Waals surface area contributed by atoms with E-state index in [-0.39, 0.29) is 33.9 Å². The first kappa shape index (κ1) is 43.5. The van der Waals surface area contributed by atoms with E-state index in [1.807, 2.05) is 11.3 Å². The summed E-state index contributed by atoms with van der Waals surface area (Å²) in [5, 5.41) is 2.66. The van der Waals surface area contributed by atoms with Crippen molar-refractivity contribution in [3.63, 3.8) is 0 Å². The van der Waals surface area contributed by atoms with Crippen LogP contribution in [0, 0.1) is 6.92 Å². The number of thiophene rings is 1. The highest BCUT2D eigenvalue weighted by molar-refractivity contribution is 7.25. The minimum Gasteiger partial charge on any atom is -0.334 e. The summed E-state index contributed by atoms with van der Waals surface area (Å²) in [6.07, 6.45) is 4.88. The first-order valence-electron chi connectivity index (χ1n) is 25.2. The van der Waals surface area contributed by atoms with Crippen LogP contribution >= 0.6 is 11.3 Å². The maximum absolute atomic E-state index is 2.78. The second-order valence-electron chi connectivity index (χ2n) is 24.3. The van der Waals surface area contributed by atoms with E-state index in [2.05, 4.69) is 231 Å². The lowest BCUT2D eigenvalue weighted by atomic mass is 9.33. The van der Waals surface area contributed by atoms with Gasteiger partial charge in [-0.15, -0.1) is 11.3 Å². The minimum absolute atomic E-state index is 0.0213. The smallest absolute Gasteiger partial charge is 0.252 e. The van der Waals surface area contributed by atoms with E-state index in [0.717, 1.165) is 6.42 Å². The molecule has 5 heteroatoms. The van der Waals surface area contributed by atoms with Crippen LogP contribution in [-0.4, -0.2) is 12.3 Å². The third-order valence-corrected chi connectivity index (χ3v) is 18.0. The van der Waals surface area contributed by atoms with Crippen molar-refractivity contribution in [3.05, 3.63) is 161 Å². The predicted molar refractivity (Wildman–Crippen MR) is 297 cm³/mol. The molecule has 0 bridgehead atoms. The molecule has 342 valence electrons. The number of hydrogen-bond acceptors (Lipinski definition) is 4. The Morgan fingerprint density at radius 2 is 1.07 bits per heavy atom. The number of aryl methyl sites for hydroxylation is 1. The molecule has 3 nitrogen and oxygen atoms in total. The fourth-order valence-corrected chi connectivity index (χ4v) is 14.0. The Morgan fingerprint density at radius 3 is 1.78 bits per heavy atom. The van der Waals surface area contributed by atoms with Gasteiger partial charge in [0, 0.05) is 71.1 Å². The van der Waals surface area contributed by atoms with Crippen LogP contribution in [0.4, 0.5) is 45.5 Å². The number of hydrogen-bond donors (Lipinski definition) is 0. The van der Waals surface area contributed by atoms with Crippen LogP contribution in [0.1, 0.15) is 130 Å². The lowest BCUT2D eigenvalue weighted by molar-refractivity contribution is 0.195. The summed E-state index contributed by atoms with van der Waals surface area (Å²) >= 11 is 1.90. The van der Waals surface area contributed by atoms with Crippen molar-refractivity contribution in [1.82, 2.24) is 0 Å². The van der Waals surface area contributed by atoms with Crippen molar-refractivity contribution < 1.29 is 0 Å². The van der Waals surface area contributed by atoms with Crippen LogP contribution < -0.4 is 31.1 Å². The highest BCUT2D eigenvalue weighted by Crippen LogP contribution is 2.61. The van der Waals surface area contributed by atoms with E-state index in [9.17, 15) is 0 Å². The molecule has 1 saturated carbocycles. The molecule has 4 heterocycles. The van der Waals surface area contributed by atoms with Crippen molar-refractivity contribution in [3.8, 4) is 0 Å². The molecule has 4 aliphatic rings. The van der Waals surface area contributed by atoms with Crippen LogP contribution in [-0.2, 0) is 21.7 Å². The molecule has 12 rings (SSSR count). The molecule has 0 amide bonds. The summed E-state index contributed by atoms with van der Waals surface area (Å²) in [5.41, 5.74) is 21.2. The molecule has 0 radical (unpaired) electrons. The van der Waals surface area contributed by atoms with Crippen LogP contribution in [0.5, 0.6) is 0 Å². The third kappa shape index (κ3) is 6.29. The van der Waals surface area contributed by atoms with Gasteiger partial charge in [-0.3, -0.25) is 0 Å². The largest absolute Gasteiger partial charge is 0.334 e. The lowest BCUT2D eigenvalue weighted by Gasteiger charge is -2.50. The molecule has 68 heavy (non-hydrogen) atoms. The van der Waals surface area contributed by atoms with Gasteiger partial charge < -0.3 is 14.7 Å². The number of anilines is 8. The molecule has 7 aromatic carbocycles. The summed E-state index contributed by atoms with van der Waals surface area (Å²) in [7, 11) is 0. The maximum atomic E-state index is 2.78. The normalized spacial score (nSPS) is 19.8. The van der Waals surface area contributed by atoms with Crippen molar-refractivity contribution >= 4 is 100 Å². The van der Waals surface area contributed by atoms with E-state index >= 15 is 0 Å². The van der Waals surface area contributed by atoms with Crippen molar-refractivity contribution in [2.24, 2.45) is 0 Å². The Kier molecular flexibility index (Phi) is 9.36. The second-order valence-corrected chi connectivity index (χ2v) is 25.4. The molecule has 2 atom stereocenters. The topological polar surface area (TPSA) is 9.72 Å². The summed E-state index contributed by atoms with van der Waals surface area (Å²) in [6, 6.07) is 52.9. The van der Waals surface area contributed by atoms with Crippen LogP contribution in [0.15, 0.2) is 133 Å². The molecule has 1 aliphatic carbocycles. The van der Waals surface area contributed by atoms with Gasteiger partial charge >= 0.3 is 0 Å². The van der Waals surface area contributed by atoms with Crippen molar-refractivity contribution in [2.45, 2.75) is 136 Å². The first-order valence-corrected chi connectivity index (χ1v) is 26.1. The lowest BCUT2D eigenvalue weighted by Crippen LogP contribution is -2.61. The molecule has 8 aromatic rings. The van der Waals surface area contributed by atoms with Crippen molar-refractivity contribution in [2.75, 3.05) is 14.7 Å². The summed E-state index contributed by atoms with van der Waals surface area (Å²) in [5.74, 6) is 0. The zero-order chi connectivity index (χ0) is 47.4. The molecular weight excluding hydrogens is 842 g/mol. The number of nitrogens with zero attached hydrogens (tertiary/aromatic N) is 3. The molecule has 1 fully saturated rings. The molecule has 3 aliphatic heterocycles. The molecular formula is C63H66BN3S. The highest BCUT2D eigenvalue weighted by atomic mass is 32.1. The zero-order valence-electron chi connectivity index (χ0n) is 42.4.